The Bertz CT molecular complexity index is 274. The fourth-order valence-corrected chi connectivity index (χ4v) is 1.98. The summed E-state index contributed by atoms with van der Waals surface area (Å²) in [6.07, 6.45) is 6.14. The Kier molecular flexibility index (Phi) is 6.04. The Labute approximate surface area is 98.7 Å². The van der Waals surface area contributed by atoms with Crippen LogP contribution < -0.4 is 5.73 Å². The molecule has 16 heavy (non-hydrogen) atoms. The van der Waals surface area contributed by atoms with Gasteiger partial charge >= 0.3 is 0 Å². The van der Waals surface area contributed by atoms with Crippen molar-refractivity contribution in [1.29, 1.82) is 0 Å². The zero-order valence-electron chi connectivity index (χ0n) is 10.4. The highest BCUT2D eigenvalue weighted by Crippen LogP contribution is 2.18. The predicted molar refractivity (Wildman–Crippen MR) is 68.2 cm³/mol. The van der Waals surface area contributed by atoms with Gasteiger partial charge in [0, 0.05) is 25.0 Å². The maximum atomic E-state index is 5.89. The van der Waals surface area contributed by atoms with Crippen molar-refractivity contribution in [2.24, 2.45) is 5.73 Å². The van der Waals surface area contributed by atoms with E-state index in [1.807, 2.05) is 12.4 Å². The molecule has 2 N–H and O–H groups in total. The van der Waals surface area contributed by atoms with Gasteiger partial charge in [0.1, 0.15) is 0 Å². The third-order valence-electron chi connectivity index (χ3n) is 2.96. The van der Waals surface area contributed by atoms with E-state index in [9.17, 15) is 0 Å². The topological polar surface area (TPSA) is 42.1 Å². The van der Waals surface area contributed by atoms with Crippen molar-refractivity contribution in [3.05, 3.63) is 30.1 Å². The van der Waals surface area contributed by atoms with Gasteiger partial charge in [-0.25, -0.2) is 0 Å². The summed E-state index contributed by atoms with van der Waals surface area (Å²) in [4.78, 5) is 6.49. The number of nitrogens with zero attached hydrogens (tertiary/aromatic N) is 2. The van der Waals surface area contributed by atoms with Crippen molar-refractivity contribution in [3.63, 3.8) is 0 Å². The lowest BCUT2D eigenvalue weighted by Gasteiger charge is -2.30. The van der Waals surface area contributed by atoms with Gasteiger partial charge in [0.05, 0.1) is 0 Å². The normalized spacial score (nSPS) is 13.0. The molecule has 1 heterocycles. The van der Waals surface area contributed by atoms with Crippen LogP contribution in [0.15, 0.2) is 24.5 Å². The fraction of sp³-hybridized carbons (Fsp3) is 0.615. The van der Waals surface area contributed by atoms with Crippen molar-refractivity contribution >= 4 is 0 Å². The quantitative estimate of drug-likeness (QED) is 0.767. The van der Waals surface area contributed by atoms with Gasteiger partial charge in [-0.3, -0.25) is 9.88 Å². The molecule has 3 heteroatoms. The van der Waals surface area contributed by atoms with Crippen molar-refractivity contribution in [2.45, 2.75) is 32.7 Å². The van der Waals surface area contributed by atoms with Crippen LogP contribution >= 0.6 is 0 Å². The molecule has 3 nitrogen and oxygen atoms in total. The monoisotopic (exact) mass is 221 g/mol. The van der Waals surface area contributed by atoms with Crippen LogP contribution in [0.3, 0.4) is 0 Å². The van der Waals surface area contributed by atoms with E-state index in [2.05, 4.69) is 35.9 Å². The van der Waals surface area contributed by atoms with E-state index in [4.69, 9.17) is 5.73 Å². The molecule has 1 aromatic heterocycles. The van der Waals surface area contributed by atoms with Crippen LogP contribution in [-0.4, -0.2) is 29.5 Å². The number of rotatable bonds is 7. The predicted octanol–water partition coefficient (Wildman–Crippen LogP) is 2.20. The molecule has 0 aromatic carbocycles. The van der Waals surface area contributed by atoms with Gasteiger partial charge in [0.25, 0.3) is 0 Å². The molecule has 0 aliphatic heterocycles. The van der Waals surface area contributed by atoms with E-state index in [-0.39, 0.29) is 0 Å². The number of aromatic nitrogens is 1. The number of pyridine rings is 1. The van der Waals surface area contributed by atoms with Gasteiger partial charge in [-0.2, -0.15) is 0 Å². The number of nitrogens with two attached hydrogens (primary N) is 1. The highest BCUT2D eigenvalue weighted by atomic mass is 15.2. The molecule has 1 aromatic rings. The van der Waals surface area contributed by atoms with Gasteiger partial charge in [-0.1, -0.05) is 20.3 Å². The molecule has 0 radical (unpaired) electrons. The summed E-state index contributed by atoms with van der Waals surface area (Å²) in [5, 5.41) is 0. The standard InChI is InChI=1S/C13H23N3/c1-3-5-10-16(4-2)13(11-14)12-6-8-15-9-7-12/h6-9,13H,3-5,10-11,14H2,1-2H3. The van der Waals surface area contributed by atoms with E-state index in [0.29, 0.717) is 12.6 Å². The van der Waals surface area contributed by atoms with Crippen LogP contribution in [0.1, 0.15) is 38.3 Å². The SMILES string of the molecule is CCCCN(CC)C(CN)c1ccncc1. The van der Waals surface area contributed by atoms with E-state index < -0.39 is 0 Å². The van der Waals surface area contributed by atoms with Gasteiger partial charge in [-0.05, 0) is 37.2 Å². The molecule has 0 aliphatic carbocycles. The van der Waals surface area contributed by atoms with E-state index >= 15 is 0 Å². The van der Waals surface area contributed by atoms with E-state index in [1.165, 1.54) is 18.4 Å². The first kappa shape index (κ1) is 13.1. The molecule has 0 saturated heterocycles. The summed E-state index contributed by atoms with van der Waals surface area (Å²) in [7, 11) is 0. The summed E-state index contributed by atoms with van der Waals surface area (Å²) in [5.74, 6) is 0. The number of hydrogen-bond donors (Lipinski definition) is 1. The molecule has 0 saturated carbocycles. The third kappa shape index (κ3) is 3.58. The van der Waals surface area contributed by atoms with Crippen molar-refractivity contribution in [2.75, 3.05) is 19.6 Å². The first-order valence-corrected chi connectivity index (χ1v) is 6.17. The largest absolute Gasteiger partial charge is 0.329 e. The second-order valence-corrected chi connectivity index (χ2v) is 4.01. The summed E-state index contributed by atoms with van der Waals surface area (Å²) >= 11 is 0. The molecule has 0 bridgehead atoms. The Morgan fingerprint density at radius 1 is 1.31 bits per heavy atom. The van der Waals surface area contributed by atoms with Crippen LogP contribution in [0.2, 0.25) is 0 Å². The Balaban J connectivity index is 2.71. The highest BCUT2D eigenvalue weighted by molar-refractivity contribution is 5.15. The van der Waals surface area contributed by atoms with Crippen molar-refractivity contribution < 1.29 is 0 Å². The molecule has 1 atom stereocenters. The Hall–Kier alpha value is -0.930. The maximum Gasteiger partial charge on any atom is 0.0471 e. The summed E-state index contributed by atoms with van der Waals surface area (Å²) in [6.45, 7) is 7.25. The van der Waals surface area contributed by atoms with Crippen LogP contribution in [0.4, 0.5) is 0 Å². The molecule has 1 rings (SSSR count). The average molecular weight is 221 g/mol. The lowest BCUT2D eigenvalue weighted by atomic mass is 10.1. The molecule has 0 fully saturated rings. The number of unbranched alkanes of at least 4 members (excludes halogenated alkanes) is 1. The summed E-state index contributed by atoms with van der Waals surface area (Å²) < 4.78 is 0. The summed E-state index contributed by atoms with van der Waals surface area (Å²) in [5.41, 5.74) is 7.16. The van der Waals surface area contributed by atoms with Crippen molar-refractivity contribution in [1.82, 2.24) is 9.88 Å². The first-order chi connectivity index (χ1) is 7.83. The average Bonchev–Trinajstić information content (AvgIpc) is 2.35. The summed E-state index contributed by atoms with van der Waals surface area (Å²) in [6, 6.07) is 4.46. The van der Waals surface area contributed by atoms with E-state index in [1.54, 1.807) is 0 Å². The van der Waals surface area contributed by atoms with E-state index in [0.717, 1.165) is 13.1 Å². The Morgan fingerprint density at radius 3 is 2.50 bits per heavy atom. The first-order valence-electron chi connectivity index (χ1n) is 6.17. The lowest BCUT2D eigenvalue weighted by molar-refractivity contribution is 0.209. The lowest BCUT2D eigenvalue weighted by Crippen LogP contribution is -2.34. The number of likely N-dealkylation sites (N-methyl/N-ethyl adjacent to an activating group) is 1. The minimum absolute atomic E-state index is 0.333. The van der Waals surface area contributed by atoms with Crippen LogP contribution in [0.25, 0.3) is 0 Å². The maximum absolute atomic E-state index is 5.89. The second-order valence-electron chi connectivity index (χ2n) is 4.01. The molecular formula is C13H23N3. The zero-order chi connectivity index (χ0) is 11.8. The molecular weight excluding hydrogens is 198 g/mol. The van der Waals surface area contributed by atoms with Gasteiger partial charge in [0.15, 0.2) is 0 Å². The highest BCUT2D eigenvalue weighted by Gasteiger charge is 2.16. The smallest absolute Gasteiger partial charge is 0.0471 e. The van der Waals surface area contributed by atoms with Gasteiger partial charge in [0.2, 0.25) is 0 Å². The van der Waals surface area contributed by atoms with Gasteiger partial charge in [-0.15, -0.1) is 0 Å². The van der Waals surface area contributed by atoms with Crippen molar-refractivity contribution in [3.8, 4) is 0 Å². The second kappa shape index (κ2) is 7.36. The third-order valence-corrected chi connectivity index (χ3v) is 2.96. The van der Waals surface area contributed by atoms with Crippen LogP contribution in [-0.2, 0) is 0 Å². The van der Waals surface area contributed by atoms with Crippen LogP contribution in [0, 0.1) is 0 Å². The molecule has 0 aliphatic rings. The molecule has 0 spiro atoms. The molecule has 90 valence electrons. The van der Waals surface area contributed by atoms with Gasteiger partial charge < -0.3 is 5.73 Å². The molecule has 1 unspecified atom stereocenters. The minimum Gasteiger partial charge on any atom is -0.329 e. The Morgan fingerprint density at radius 2 is 2.00 bits per heavy atom. The van der Waals surface area contributed by atoms with Crippen LogP contribution in [0.5, 0.6) is 0 Å². The number of hydrogen-bond acceptors (Lipinski definition) is 3. The fourth-order valence-electron chi connectivity index (χ4n) is 1.98. The minimum atomic E-state index is 0.333. The molecule has 0 amide bonds. The zero-order valence-corrected chi connectivity index (χ0v) is 10.4.